The summed E-state index contributed by atoms with van der Waals surface area (Å²) in [5, 5.41) is 0. The molecule has 0 saturated heterocycles. The third kappa shape index (κ3) is 2.93. The van der Waals surface area contributed by atoms with Gasteiger partial charge in [0.2, 0.25) is 0 Å². The highest BCUT2D eigenvalue weighted by Gasteiger charge is 2.18. The van der Waals surface area contributed by atoms with Gasteiger partial charge in [0.25, 0.3) is 5.56 Å². The molecule has 7 heteroatoms. The van der Waals surface area contributed by atoms with E-state index in [-0.39, 0.29) is 5.52 Å². The van der Waals surface area contributed by atoms with Gasteiger partial charge in [0, 0.05) is 12.6 Å². The number of imidazole rings is 1. The first-order valence-corrected chi connectivity index (χ1v) is 8.46. The number of benzene rings is 2. The van der Waals surface area contributed by atoms with Crippen LogP contribution in [0.1, 0.15) is 5.56 Å². The second-order valence-corrected chi connectivity index (χ2v) is 6.23. The summed E-state index contributed by atoms with van der Waals surface area (Å²) in [6.45, 7) is 0.474. The van der Waals surface area contributed by atoms with Crippen LogP contribution in [0.3, 0.4) is 0 Å². The van der Waals surface area contributed by atoms with E-state index in [0.717, 1.165) is 21.4 Å². The lowest BCUT2D eigenvalue weighted by atomic mass is 10.2. The number of hydrogen-bond donors (Lipinski definition) is 1. The molecule has 0 spiro atoms. The van der Waals surface area contributed by atoms with Crippen molar-refractivity contribution in [2.24, 2.45) is 7.05 Å². The van der Waals surface area contributed by atoms with Crippen LogP contribution in [0.4, 0.5) is 0 Å². The molecule has 0 unspecified atom stereocenters. The molecule has 1 N–H and O–H groups in total. The highest BCUT2D eigenvalue weighted by atomic mass is 16.5. The van der Waals surface area contributed by atoms with Crippen molar-refractivity contribution in [2.75, 3.05) is 7.11 Å². The number of rotatable bonds is 4. The van der Waals surface area contributed by atoms with E-state index in [4.69, 9.17) is 4.74 Å². The van der Waals surface area contributed by atoms with Crippen molar-refractivity contribution in [2.45, 2.75) is 6.54 Å². The number of ether oxygens (including phenoxy) is 1. The summed E-state index contributed by atoms with van der Waals surface area (Å²) < 4.78 is 8.10. The lowest BCUT2D eigenvalue weighted by Crippen LogP contribution is -2.32. The number of H-pyrrole nitrogens is 1. The molecule has 0 aliphatic rings. The summed E-state index contributed by atoms with van der Waals surface area (Å²) >= 11 is 0. The van der Waals surface area contributed by atoms with Crippen LogP contribution in [0.5, 0.6) is 5.75 Å². The number of methoxy groups -OCH3 is 1. The fourth-order valence-electron chi connectivity index (χ4n) is 3.05. The molecule has 0 atom stereocenters. The summed E-state index contributed by atoms with van der Waals surface area (Å²) in [7, 11) is 3.04. The molecule has 2 aromatic carbocycles. The highest BCUT2D eigenvalue weighted by Crippen LogP contribution is 2.25. The quantitative estimate of drug-likeness (QED) is 0.603. The van der Waals surface area contributed by atoms with Crippen LogP contribution in [0.25, 0.3) is 22.6 Å². The van der Waals surface area contributed by atoms with E-state index >= 15 is 0 Å². The van der Waals surface area contributed by atoms with E-state index in [2.05, 4.69) is 9.97 Å². The predicted octanol–water partition coefficient (Wildman–Crippen LogP) is 2.15. The van der Waals surface area contributed by atoms with Crippen LogP contribution in [0, 0.1) is 0 Å². The Labute approximate surface area is 154 Å². The Balaban J connectivity index is 1.98. The van der Waals surface area contributed by atoms with E-state index in [0.29, 0.717) is 18.0 Å². The summed E-state index contributed by atoms with van der Waals surface area (Å²) in [5.74, 6) is 1.34. The minimum atomic E-state index is -0.469. The Hall–Kier alpha value is -3.61. The van der Waals surface area contributed by atoms with Crippen molar-refractivity contribution in [3.8, 4) is 17.1 Å². The lowest BCUT2D eigenvalue weighted by Gasteiger charge is -2.10. The molecule has 0 bridgehead atoms. The van der Waals surface area contributed by atoms with E-state index in [1.54, 1.807) is 7.11 Å². The van der Waals surface area contributed by atoms with E-state index in [9.17, 15) is 9.59 Å². The zero-order chi connectivity index (χ0) is 19.0. The van der Waals surface area contributed by atoms with Gasteiger partial charge >= 0.3 is 5.69 Å². The summed E-state index contributed by atoms with van der Waals surface area (Å²) in [4.78, 5) is 32.0. The Morgan fingerprint density at radius 1 is 1.04 bits per heavy atom. The van der Waals surface area contributed by atoms with Gasteiger partial charge in [0.05, 0.1) is 13.7 Å². The van der Waals surface area contributed by atoms with Crippen molar-refractivity contribution in [1.82, 2.24) is 19.1 Å². The van der Waals surface area contributed by atoms with Gasteiger partial charge < -0.3 is 9.30 Å². The molecule has 4 rings (SSSR count). The predicted molar refractivity (Wildman–Crippen MR) is 103 cm³/mol. The molecule has 0 saturated carbocycles. The Kier molecular flexibility index (Phi) is 4.12. The second kappa shape index (κ2) is 6.60. The molecule has 0 amide bonds. The molecule has 0 aliphatic heterocycles. The number of nitrogens with one attached hydrogen (secondary N) is 1. The largest absolute Gasteiger partial charge is 0.497 e. The molecule has 136 valence electrons. The minimum absolute atomic E-state index is 0.235. The molecule has 0 radical (unpaired) electrons. The second-order valence-electron chi connectivity index (χ2n) is 6.23. The van der Waals surface area contributed by atoms with E-state index in [1.165, 1.54) is 7.05 Å². The smallest absolute Gasteiger partial charge is 0.329 e. The normalized spacial score (nSPS) is 11.0. The number of fused-ring (bicyclic) bond motifs is 1. The zero-order valence-corrected chi connectivity index (χ0v) is 15.0. The van der Waals surface area contributed by atoms with Gasteiger partial charge in [0.15, 0.2) is 5.52 Å². The SMILES string of the molecule is COc1ccc(-c2nc3c(=O)n(C)c(=O)[nH]c3n2Cc2ccccc2)cc1. The van der Waals surface area contributed by atoms with Gasteiger partial charge in [0.1, 0.15) is 17.2 Å². The van der Waals surface area contributed by atoms with Crippen molar-refractivity contribution in [3.63, 3.8) is 0 Å². The summed E-state index contributed by atoms with van der Waals surface area (Å²) in [5.41, 5.74) is 1.62. The number of nitrogens with zero attached hydrogens (tertiary/aromatic N) is 3. The van der Waals surface area contributed by atoms with Crippen LogP contribution in [0.15, 0.2) is 64.2 Å². The van der Waals surface area contributed by atoms with Gasteiger partial charge in [-0.1, -0.05) is 30.3 Å². The van der Waals surface area contributed by atoms with Crippen LogP contribution in [-0.2, 0) is 13.6 Å². The highest BCUT2D eigenvalue weighted by molar-refractivity contribution is 5.76. The van der Waals surface area contributed by atoms with Gasteiger partial charge in [-0.2, -0.15) is 0 Å². The van der Waals surface area contributed by atoms with Gasteiger partial charge in [-0.3, -0.25) is 14.3 Å². The summed E-state index contributed by atoms with van der Waals surface area (Å²) in [6.07, 6.45) is 0. The molecular formula is C20H18N4O3. The molecular weight excluding hydrogens is 344 g/mol. The number of aromatic amines is 1. The monoisotopic (exact) mass is 362 g/mol. The Morgan fingerprint density at radius 3 is 2.41 bits per heavy atom. The average molecular weight is 362 g/mol. The lowest BCUT2D eigenvalue weighted by molar-refractivity contribution is 0.415. The van der Waals surface area contributed by atoms with Crippen LogP contribution in [0.2, 0.25) is 0 Å². The molecule has 4 aromatic rings. The topological polar surface area (TPSA) is 81.9 Å². The van der Waals surface area contributed by atoms with Crippen molar-refractivity contribution in [1.29, 1.82) is 0 Å². The zero-order valence-electron chi connectivity index (χ0n) is 15.0. The Morgan fingerprint density at radius 2 is 1.74 bits per heavy atom. The van der Waals surface area contributed by atoms with Crippen LogP contribution >= 0.6 is 0 Å². The van der Waals surface area contributed by atoms with Crippen LogP contribution in [-0.4, -0.2) is 26.2 Å². The van der Waals surface area contributed by atoms with Gasteiger partial charge in [-0.25, -0.2) is 9.78 Å². The maximum absolute atomic E-state index is 12.5. The van der Waals surface area contributed by atoms with Gasteiger partial charge in [-0.15, -0.1) is 0 Å². The van der Waals surface area contributed by atoms with E-state index in [1.807, 2.05) is 59.2 Å². The summed E-state index contributed by atoms with van der Waals surface area (Å²) in [6, 6.07) is 17.2. The van der Waals surface area contributed by atoms with Gasteiger partial charge in [-0.05, 0) is 29.8 Å². The molecule has 7 nitrogen and oxygen atoms in total. The molecule has 2 aromatic heterocycles. The molecule has 2 heterocycles. The first-order chi connectivity index (χ1) is 13.1. The molecule has 0 aliphatic carbocycles. The number of hydrogen-bond acceptors (Lipinski definition) is 4. The van der Waals surface area contributed by atoms with E-state index < -0.39 is 11.2 Å². The molecule has 27 heavy (non-hydrogen) atoms. The maximum atomic E-state index is 12.5. The fraction of sp³-hybridized carbons (Fsp3) is 0.150. The Bertz CT molecular complexity index is 1220. The third-order valence-electron chi connectivity index (χ3n) is 4.54. The first kappa shape index (κ1) is 16.8. The van der Waals surface area contributed by atoms with Crippen LogP contribution < -0.4 is 16.0 Å². The standard InChI is InChI=1S/C20H18N4O3/c1-23-19(25)16-18(22-20(23)26)24(12-13-6-4-3-5-7-13)17(21-16)14-8-10-15(27-2)11-9-14/h3-11H,12H2,1-2H3,(H,22,26). The third-order valence-corrected chi connectivity index (χ3v) is 4.54. The van der Waals surface area contributed by atoms with Crippen molar-refractivity contribution >= 4 is 11.2 Å². The average Bonchev–Trinajstić information content (AvgIpc) is 3.05. The van der Waals surface area contributed by atoms with Crippen molar-refractivity contribution in [3.05, 3.63) is 81.0 Å². The maximum Gasteiger partial charge on any atom is 0.329 e. The fourth-order valence-corrected chi connectivity index (χ4v) is 3.05. The first-order valence-electron chi connectivity index (χ1n) is 8.46. The number of aromatic nitrogens is 4. The minimum Gasteiger partial charge on any atom is -0.497 e. The van der Waals surface area contributed by atoms with Crippen molar-refractivity contribution < 1.29 is 4.74 Å². The molecule has 0 fully saturated rings.